The van der Waals surface area contributed by atoms with Gasteiger partial charge in [0.25, 0.3) is 0 Å². The third-order valence-corrected chi connectivity index (χ3v) is 3.99. The SMILES string of the molecule is C[C@H](NC(=O)NCc1ccc(Cl)cc1)c1nnc2n1CCC2. The molecule has 0 radical (unpaired) electrons. The number of benzene rings is 1. The molecule has 1 aromatic heterocycles. The largest absolute Gasteiger partial charge is 0.334 e. The highest BCUT2D eigenvalue weighted by molar-refractivity contribution is 6.30. The van der Waals surface area contributed by atoms with Gasteiger partial charge in [0.05, 0.1) is 6.04 Å². The Labute approximate surface area is 133 Å². The maximum atomic E-state index is 12.0. The van der Waals surface area contributed by atoms with E-state index in [-0.39, 0.29) is 12.1 Å². The lowest BCUT2D eigenvalue weighted by molar-refractivity contribution is 0.237. The highest BCUT2D eigenvalue weighted by Gasteiger charge is 2.22. The highest BCUT2D eigenvalue weighted by Crippen LogP contribution is 2.18. The second kappa shape index (κ2) is 6.36. The van der Waals surface area contributed by atoms with Gasteiger partial charge in [-0.05, 0) is 31.0 Å². The van der Waals surface area contributed by atoms with E-state index in [1.54, 1.807) is 12.1 Å². The summed E-state index contributed by atoms with van der Waals surface area (Å²) in [6.07, 6.45) is 2.05. The number of urea groups is 1. The van der Waals surface area contributed by atoms with Gasteiger partial charge in [-0.2, -0.15) is 0 Å². The van der Waals surface area contributed by atoms with Gasteiger partial charge >= 0.3 is 6.03 Å². The van der Waals surface area contributed by atoms with Crippen LogP contribution in [0.2, 0.25) is 5.02 Å². The van der Waals surface area contributed by atoms with Crippen LogP contribution in [0.15, 0.2) is 24.3 Å². The lowest BCUT2D eigenvalue weighted by Gasteiger charge is -2.14. The third kappa shape index (κ3) is 3.22. The Kier molecular flexibility index (Phi) is 4.29. The molecule has 116 valence electrons. The van der Waals surface area contributed by atoms with E-state index in [1.165, 1.54) is 0 Å². The van der Waals surface area contributed by atoms with Crippen molar-refractivity contribution in [3.05, 3.63) is 46.5 Å². The minimum Gasteiger partial charge on any atom is -0.334 e. The molecule has 2 amide bonds. The zero-order chi connectivity index (χ0) is 15.5. The maximum Gasteiger partial charge on any atom is 0.315 e. The molecule has 6 nitrogen and oxygen atoms in total. The molecule has 0 aliphatic carbocycles. The van der Waals surface area contributed by atoms with Crippen LogP contribution in [0, 0.1) is 0 Å². The van der Waals surface area contributed by atoms with Crippen LogP contribution in [-0.4, -0.2) is 20.8 Å². The number of aryl methyl sites for hydroxylation is 1. The summed E-state index contributed by atoms with van der Waals surface area (Å²) in [5.41, 5.74) is 0.996. The smallest absolute Gasteiger partial charge is 0.315 e. The number of hydrogen-bond acceptors (Lipinski definition) is 3. The Morgan fingerprint density at radius 1 is 1.36 bits per heavy atom. The first-order valence-corrected chi connectivity index (χ1v) is 7.72. The summed E-state index contributed by atoms with van der Waals surface area (Å²) in [7, 11) is 0. The summed E-state index contributed by atoms with van der Waals surface area (Å²) in [5.74, 6) is 1.82. The number of aromatic nitrogens is 3. The van der Waals surface area contributed by atoms with Crippen molar-refractivity contribution in [2.75, 3.05) is 0 Å². The Balaban J connectivity index is 1.54. The van der Waals surface area contributed by atoms with Crippen molar-refractivity contribution < 1.29 is 4.79 Å². The van der Waals surface area contributed by atoms with Crippen molar-refractivity contribution in [1.29, 1.82) is 0 Å². The number of fused-ring (bicyclic) bond motifs is 1. The average molecular weight is 320 g/mol. The third-order valence-electron chi connectivity index (χ3n) is 3.74. The molecule has 0 fully saturated rings. The molecule has 1 aliphatic heterocycles. The molecule has 0 spiro atoms. The molecule has 22 heavy (non-hydrogen) atoms. The van der Waals surface area contributed by atoms with Gasteiger partial charge in [0.1, 0.15) is 5.82 Å². The van der Waals surface area contributed by atoms with Crippen molar-refractivity contribution >= 4 is 17.6 Å². The molecule has 3 rings (SSSR count). The summed E-state index contributed by atoms with van der Waals surface area (Å²) in [5, 5.41) is 14.7. The average Bonchev–Trinajstić information content (AvgIpc) is 3.09. The first kappa shape index (κ1) is 14.8. The molecule has 7 heteroatoms. The lowest BCUT2D eigenvalue weighted by atomic mass is 10.2. The van der Waals surface area contributed by atoms with Crippen LogP contribution in [0.25, 0.3) is 0 Å². The van der Waals surface area contributed by atoms with E-state index in [0.717, 1.165) is 36.6 Å². The summed E-state index contributed by atoms with van der Waals surface area (Å²) in [4.78, 5) is 12.0. The summed E-state index contributed by atoms with van der Waals surface area (Å²) in [6, 6.07) is 6.98. The number of nitrogens with zero attached hydrogens (tertiary/aromatic N) is 3. The van der Waals surface area contributed by atoms with Gasteiger partial charge in [-0.15, -0.1) is 10.2 Å². The monoisotopic (exact) mass is 319 g/mol. The minimum atomic E-state index is -0.224. The number of carbonyl (C=O) groups excluding carboxylic acids is 1. The molecule has 2 N–H and O–H groups in total. The van der Waals surface area contributed by atoms with Crippen LogP contribution >= 0.6 is 11.6 Å². The lowest BCUT2D eigenvalue weighted by Crippen LogP contribution is -2.37. The highest BCUT2D eigenvalue weighted by atomic mass is 35.5. The molecule has 1 aromatic carbocycles. The topological polar surface area (TPSA) is 71.8 Å². The molecule has 2 heterocycles. The van der Waals surface area contributed by atoms with E-state index in [0.29, 0.717) is 11.6 Å². The number of halogens is 1. The van der Waals surface area contributed by atoms with E-state index in [2.05, 4.69) is 25.4 Å². The fourth-order valence-electron chi connectivity index (χ4n) is 2.59. The first-order chi connectivity index (χ1) is 10.6. The summed E-state index contributed by atoms with van der Waals surface area (Å²) >= 11 is 5.83. The second-order valence-electron chi connectivity index (χ2n) is 5.40. The number of nitrogens with one attached hydrogen (secondary N) is 2. The Bertz CT molecular complexity index is 667. The van der Waals surface area contributed by atoms with Crippen LogP contribution in [0.4, 0.5) is 4.79 Å². The Morgan fingerprint density at radius 2 is 2.14 bits per heavy atom. The van der Waals surface area contributed by atoms with Crippen LogP contribution in [0.1, 0.15) is 36.6 Å². The van der Waals surface area contributed by atoms with E-state index in [9.17, 15) is 4.79 Å². The first-order valence-electron chi connectivity index (χ1n) is 7.34. The summed E-state index contributed by atoms with van der Waals surface area (Å²) < 4.78 is 2.09. The normalized spacial score (nSPS) is 14.5. The number of rotatable bonds is 4. The molecular weight excluding hydrogens is 302 g/mol. The molecule has 0 bridgehead atoms. The summed E-state index contributed by atoms with van der Waals surface area (Å²) in [6.45, 7) is 3.29. The predicted molar refractivity (Wildman–Crippen MR) is 83.6 cm³/mol. The van der Waals surface area contributed by atoms with Crippen molar-refractivity contribution in [3.8, 4) is 0 Å². The van der Waals surface area contributed by atoms with Crippen LogP contribution in [0.3, 0.4) is 0 Å². The number of hydrogen-bond donors (Lipinski definition) is 2. The van der Waals surface area contributed by atoms with E-state index in [4.69, 9.17) is 11.6 Å². The van der Waals surface area contributed by atoms with Crippen LogP contribution in [-0.2, 0) is 19.5 Å². The molecule has 2 aromatic rings. The maximum absolute atomic E-state index is 12.0. The van der Waals surface area contributed by atoms with E-state index in [1.807, 2.05) is 19.1 Å². The van der Waals surface area contributed by atoms with Crippen molar-refractivity contribution in [1.82, 2.24) is 25.4 Å². The Morgan fingerprint density at radius 3 is 2.91 bits per heavy atom. The molecular formula is C15H18ClN5O. The van der Waals surface area contributed by atoms with Gasteiger partial charge in [0.15, 0.2) is 5.82 Å². The van der Waals surface area contributed by atoms with E-state index >= 15 is 0 Å². The predicted octanol–water partition coefficient (Wildman–Crippen LogP) is 2.44. The zero-order valence-corrected chi connectivity index (χ0v) is 13.1. The Hall–Kier alpha value is -2.08. The van der Waals surface area contributed by atoms with Gasteiger partial charge in [-0.25, -0.2) is 4.79 Å². The van der Waals surface area contributed by atoms with Gasteiger partial charge in [-0.3, -0.25) is 0 Å². The molecule has 1 atom stereocenters. The minimum absolute atomic E-state index is 0.176. The molecule has 0 unspecified atom stereocenters. The number of carbonyl (C=O) groups is 1. The standard InChI is InChI=1S/C15H18ClN5O/c1-10(14-20-19-13-3-2-8-21(13)14)18-15(22)17-9-11-4-6-12(16)7-5-11/h4-7,10H,2-3,8-9H2,1H3,(H2,17,18,22)/t10-/m0/s1. The van der Waals surface area contributed by atoms with Crippen LogP contribution < -0.4 is 10.6 Å². The van der Waals surface area contributed by atoms with Crippen molar-refractivity contribution in [2.45, 2.75) is 38.9 Å². The molecule has 1 aliphatic rings. The second-order valence-corrected chi connectivity index (χ2v) is 5.84. The van der Waals surface area contributed by atoms with Gasteiger partial charge in [0, 0.05) is 24.5 Å². The van der Waals surface area contributed by atoms with Crippen molar-refractivity contribution in [2.24, 2.45) is 0 Å². The van der Waals surface area contributed by atoms with Gasteiger partial charge in [-0.1, -0.05) is 23.7 Å². The van der Waals surface area contributed by atoms with E-state index < -0.39 is 0 Å². The fourth-order valence-corrected chi connectivity index (χ4v) is 2.72. The molecule has 0 saturated heterocycles. The zero-order valence-electron chi connectivity index (χ0n) is 12.3. The quantitative estimate of drug-likeness (QED) is 0.909. The van der Waals surface area contributed by atoms with Crippen molar-refractivity contribution in [3.63, 3.8) is 0 Å². The van der Waals surface area contributed by atoms with Crippen LogP contribution in [0.5, 0.6) is 0 Å². The fraction of sp³-hybridized carbons (Fsp3) is 0.400. The molecule has 0 saturated carbocycles. The van der Waals surface area contributed by atoms with Gasteiger partial charge in [0.2, 0.25) is 0 Å². The van der Waals surface area contributed by atoms with Gasteiger partial charge < -0.3 is 15.2 Å². The number of amides is 2.